The van der Waals surface area contributed by atoms with Gasteiger partial charge in [0.15, 0.2) is 18.3 Å². The molecule has 1 amide bonds. The quantitative estimate of drug-likeness (QED) is 0.701. The smallest absolute Gasteiger partial charge is 0.260 e. The minimum Gasteiger partial charge on any atom is -0.469 e. The lowest BCUT2D eigenvalue weighted by atomic mass is 9.95. The van der Waals surface area contributed by atoms with Crippen LogP contribution in [0.25, 0.3) is 5.69 Å². The maximum Gasteiger partial charge on any atom is 0.260 e. The van der Waals surface area contributed by atoms with E-state index in [4.69, 9.17) is 4.74 Å². The van der Waals surface area contributed by atoms with Gasteiger partial charge in [-0.25, -0.2) is 9.07 Å². The highest BCUT2D eigenvalue weighted by atomic mass is 19.1. The van der Waals surface area contributed by atoms with Crippen LogP contribution in [0.4, 0.5) is 4.39 Å². The van der Waals surface area contributed by atoms with Crippen molar-refractivity contribution in [1.82, 2.24) is 14.7 Å². The van der Waals surface area contributed by atoms with Gasteiger partial charge in [0.25, 0.3) is 5.91 Å². The molecule has 0 radical (unpaired) electrons. The Morgan fingerprint density at radius 2 is 2.00 bits per heavy atom. The van der Waals surface area contributed by atoms with Gasteiger partial charge in [0.05, 0.1) is 23.4 Å². The molecule has 0 bridgehead atoms. The number of halogens is 1. The van der Waals surface area contributed by atoms with Crippen molar-refractivity contribution in [2.45, 2.75) is 32.8 Å². The average molecular weight is 409 g/mol. The molecule has 156 valence electrons. The number of aliphatic hydroxyl groups is 1. The summed E-state index contributed by atoms with van der Waals surface area (Å²) >= 11 is 0. The summed E-state index contributed by atoms with van der Waals surface area (Å²) in [5.74, 6) is -0.859. The molecule has 0 atom stereocenters. The minimum atomic E-state index is -1.07. The number of fused-ring (bicyclic) bond motifs is 1. The van der Waals surface area contributed by atoms with E-state index in [9.17, 15) is 14.3 Å². The van der Waals surface area contributed by atoms with Crippen LogP contribution in [0.15, 0.2) is 48.8 Å². The number of rotatable bonds is 5. The van der Waals surface area contributed by atoms with Gasteiger partial charge in [-0.15, -0.1) is 0 Å². The third-order valence-corrected chi connectivity index (χ3v) is 5.13. The second kappa shape index (κ2) is 7.57. The van der Waals surface area contributed by atoms with Crippen LogP contribution in [0, 0.1) is 12.7 Å². The van der Waals surface area contributed by atoms with E-state index in [1.165, 1.54) is 4.90 Å². The van der Waals surface area contributed by atoms with Crippen molar-refractivity contribution in [3.05, 3.63) is 76.9 Å². The van der Waals surface area contributed by atoms with Crippen molar-refractivity contribution in [2.75, 3.05) is 13.3 Å². The fourth-order valence-corrected chi connectivity index (χ4v) is 3.63. The molecule has 7 heteroatoms. The van der Waals surface area contributed by atoms with Gasteiger partial charge >= 0.3 is 0 Å². The highest BCUT2D eigenvalue weighted by Crippen LogP contribution is 2.33. The first kappa shape index (κ1) is 20.1. The summed E-state index contributed by atoms with van der Waals surface area (Å²) in [5, 5.41) is 14.3. The Labute approximate surface area is 174 Å². The SMILES string of the molecule is Cc1c(Cc2ccc(-n3cccn3)cc2)cc2c(c1F)OCN(CC(C)(C)O)C2=O. The van der Waals surface area contributed by atoms with Gasteiger partial charge in [-0.05, 0) is 68.1 Å². The fourth-order valence-electron chi connectivity index (χ4n) is 3.63. The Morgan fingerprint density at radius 3 is 2.63 bits per heavy atom. The lowest BCUT2D eigenvalue weighted by Gasteiger charge is -2.33. The molecule has 1 aromatic heterocycles. The first-order valence-corrected chi connectivity index (χ1v) is 9.78. The minimum absolute atomic E-state index is 0.0118. The number of amides is 1. The lowest BCUT2D eigenvalue weighted by Crippen LogP contribution is -2.46. The van der Waals surface area contributed by atoms with E-state index in [0.29, 0.717) is 12.0 Å². The molecule has 0 fully saturated rings. The van der Waals surface area contributed by atoms with Gasteiger partial charge in [-0.1, -0.05) is 12.1 Å². The summed E-state index contributed by atoms with van der Waals surface area (Å²) in [6.45, 7) is 4.94. The Balaban J connectivity index is 1.62. The number of hydrogen-bond donors (Lipinski definition) is 1. The maximum absolute atomic E-state index is 15.0. The van der Waals surface area contributed by atoms with Crippen molar-refractivity contribution >= 4 is 5.91 Å². The maximum atomic E-state index is 15.0. The van der Waals surface area contributed by atoms with Gasteiger partial charge < -0.3 is 14.7 Å². The fraction of sp³-hybridized carbons (Fsp3) is 0.304. The van der Waals surface area contributed by atoms with E-state index < -0.39 is 11.4 Å². The van der Waals surface area contributed by atoms with Crippen LogP contribution >= 0.6 is 0 Å². The zero-order valence-corrected chi connectivity index (χ0v) is 17.2. The number of ether oxygens (including phenoxy) is 1. The highest BCUT2D eigenvalue weighted by Gasteiger charge is 2.32. The van der Waals surface area contributed by atoms with Gasteiger partial charge in [0.2, 0.25) is 0 Å². The van der Waals surface area contributed by atoms with Crippen LogP contribution in [-0.2, 0) is 6.42 Å². The molecule has 0 unspecified atom stereocenters. The third kappa shape index (κ3) is 3.93. The average Bonchev–Trinajstić information content (AvgIpc) is 3.23. The Kier molecular flexibility index (Phi) is 5.07. The zero-order chi connectivity index (χ0) is 21.5. The highest BCUT2D eigenvalue weighted by molar-refractivity contribution is 5.98. The molecule has 4 rings (SSSR count). The molecule has 1 aliphatic heterocycles. The number of nitrogens with zero attached hydrogens (tertiary/aromatic N) is 3. The van der Waals surface area contributed by atoms with Gasteiger partial charge in [-0.2, -0.15) is 5.10 Å². The number of aromatic nitrogens is 2. The molecule has 0 saturated heterocycles. The molecule has 0 spiro atoms. The number of β-amino-alcohol motifs (C(OH)–C–C–N with tert-alkyl or cyclic N) is 1. The predicted octanol–water partition coefficient (Wildman–Crippen LogP) is 3.47. The Hall–Kier alpha value is -3.19. The van der Waals surface area contributed by atoms with E-state index in [-0.39, 0.29) is 30.5 Å². The normalized spacial score (nSPS) is 13.9. The lowest BCUT2D eigenvalue weighted by molar-refractivity contribution is 0.00413. The van der Waals surface area contributed by atoms with Crippen molar-refractivity contribution in [2.24, 2.45) is 0 Å². The molecule has 1 aliphatic rings. The molecule has 2 aromatic carbocycles. The Morgan fingerprint density at radius 1 is 1.27 bits per heavy atom. The summed E-state index contributed by atoms with van der Waals surface area (Å²) in [6, 6.07) is 11.4. The first-order chi connectivity index (χ1) is 14.2. The van der Waals surface area contributed by atoms with Crippen molar-refractivity contribution in [3.8, 4) is 11.4 Å². The summed E-state index contributed by atoms with van der Waals surface area (Å²) in [5.41, 5.74) is 2.23. The van der Waals surface area contributed by atoms with Crippen molar-refractivity contribution in [3.63, 3.8) is 0 Å². The van der Waals surface area contributed by atoms with Crippen molar-refractivity contribution < 1.29 is 19.0 Å². The van der Waals surface area contributed by atoms with Gasteiger partial charge in [0, 0.05) is 12.4 Å². The number of carbonyl (C=O) groups excluding carboxylic acids is 1. The molecule has 30 heavy (non-hydrogen) atoms. The second-order valence-electron chi connectivity index (χ2n) is 8.23. The summed E-state index contributed by atoms with van der Waals surface area (Å²) in [4.78, 5) is 14.3. The van der Waals surface area contributed by atoms with Crippen LogP contribution in [0.2, 0.25) is 0 Å². The van der Waals surface area contributed by atoms with Crippen molar-refractivity contribution in [1.29, 1.82) is 0 Å². The molecule has 3 aromatic rings. The van der Waals surface area contributed by atoms with Gasteiger partial charge in [-0.3, -0.25) is 4.79 Å². The molecular formula is C23H24FN3O3. The van der Waals surface area contributed by atoms with Crippen LogP contribution in [-0.4, -0.2) is 44.6 Å². The van der Waals surface area contributed by atoms with E-state index in [1.807, 2.05) is 36.5 Å². The van der Waals surface area contributed by atoms with E-state index >= 15 is 0 Å². The second-order valence-corrected chi connectivity index (χ2v) is 8.23. The molecule has 6 nitrogen and oxygen atoms in total. The number of hydrogen-bond acceptors (Lipinski definition) is 4. The number of carbonyl (C=O) groups is 1. The Bertz CT molecular complexity index is 1070. The summed E-state index contributed by atoms with van der Waals surface area (Å²) in [6.07, 6.45) is 4.06. The van der Waals surface area contributed by atoms with E-state index in [0.717, 1.165) is 16.8 Å². The van der Waals surface area contributed by atoms with Crippen LogP contribution in [0.5, 0.6) is 5.75 Å². The first-order valence-electron chi connectivity index (χ1n) is 9.78. The molecule has 0 saturated carbocycles. The standard InChI is InChI=1S/C23H24FN3O3/c1-15-17(11-16-5-7-18(8-6-16)27-10-4-9-25-27)12-19-21(20(15)24)30-14-26(22(19)28)13-23(2,3)29/h4-10,12,29H,11,13-14H2,1-3H3. The summed E-state index contributed by atoms with van der Waals surface area (Å²) in [7, 11) is 0. The zero-order valence-electron chi connectivity index (χ0n) is 17.2. The molecular weight excluding hydrogens is 385 g/mol. The third-order valence-electron chi connectivity index (χ3n) is 5.13. The molecule has 2 heterocycles. The number of benzene rings is 2. The van der Waals surface area contributed by atoms with E-state index in [1.54, 1.807) is 37.7 Å². The largest absolute Gasteiger partial charge is 0.469 e. The summed E-state index contributed by atoms with van der Waals surface area (Å²) < 4.78 is 22.3. The predicted molar refractivity (Wildman–Crippen MR) is 110 cm³/mol. The topological polar surface area (TPSA) is 67.6 Å². The van der Waals surface area contributed by atoms with Crippen LogP contribution in [0.1, 0.15) is 40.9 Å². The van der Waals surface area contributed by atoms with E-state index in [2.05, 4.69) is 5.10 Å². The monoisotopic (exact) mass is 409 g/mol. The molecule has 0 aliphatic carbocycles. The van der Waals surface area contributed by atoms with Crippen LogP contribution < -0.4 is 4.74 Å². The van der Waals surface area contributed by atoms with Crippen LogP contribution in [0.3, 0.4) is 0 Å². The molecule has 1 N–H and O–H groups in total. The van der Waals surface area contributed by atoms with Gasteiger partial charge in [0.1, 0.15) is 0 Å².